The van der Waals surface area contributed by atoms with Gasteiger partial charge < -0.3 is 14.5 Å². The molecular weight excluding hydrogens is 540 g/mol. The first-order chi connectivity index (χ1) is 17.0. The summed E-state index contributed by atoms with van der Waals surface area (Å²) in [5.74, 6) is -1.89. The summed E-state index contributed by atoms with van der Waals surface area (Å²) in [7, 11) is -7.43. The van der Waals surface area contributed by atoms with E-state index in [0.29, 0.717) is 0 Å². The number of carbonyl (C=O) groups is 1. The number of benzene rings is 2. The molecule has 1 amide bonds. The van der Waals surface area contributed by atoms with Gasteiger partial charge in [0.05, 0.1) is 26.3 Å². The quantitative estimate of drug-likeness (QED) is 0.474. The highest BCUT2D eigenvalue weighted by Gasteiger charge is 2.31. The van der Waals surface area contributed by atoms with E-state index in [9.17, 15) is 39.2 Å². The summed E-state index contributed by atoms with van der Waals surface area (Å²) in [5, 5.41) is -0.724. The molecule has 2 aromatic rings. The van der Waals surface area contributed by atoms with Gasteiger partial charge in [-0.15, -0.1) is 0 Å². The molecule has 2 aromatic carbocycles. The van der Waals surface area contributed by atoms with Gasteiger partial charge in [-0.1, -0.05) is 0 Å². The van der Waals surface area contributed by atoms with Gasteiger partial charge in [0.1, 0.15) is 11.6 Å². The van der Waals surface area contributed by atoms with Crippen LogP contribution in [0.3, 0.4) is 0 Å². The highest BCUT2D eigenvalue weighted by Crippen LogP contribution is 2.29. The van der Waals surface area contributed by atoms with E-state index in [1.54, 1.807) is 4.90 Å². The van der Waals surface area contributed by atoms with Gasteiger partial charge in [0.15, 0.2) is 26.3 Å². The fourth-order valence-electron chi connectivity index (χ4n) is 3.71. The number of nitrogens with zero attached hydrogens (tertiary/aromatic N) is 2. The molecule has 0 N–H and O–H groups in total. The molecule has 0 spiro atoms. The third-order valence-electron chi connectivity index (χ3n) is 5.78. The van der Waals surface area contributed by atoms with Crippen LogP contribution in [0, 0.1) is 5.82 Å². The molecule has 1 heterocycles. The number of hydrogen-bond acceptors (Lipinski definition) is 7. The third kappa shape index (κ3) is 6.72. The van der Waals surface area contributed by atoms with Crippen LogP contribution >= 0.6 is 0 Å². The molecule has 0 aliphatic carbocycles. The Morgan fingerprint density at radius 3 is 2.08 bits per heavy atom. The van der Waals surface area contributed by atoms with E-state index in [2.05, 4.69) is 0 Å². The van der Waals surface area contributed by atoms with E-state index in [1.807, 2.05) is 0 Å². The van der Waals surface area contributed by atoms with Crippen molar-refractivity contribution in [3.05, 3.63) is 47.8 Å². The lowest BCUT2D eigenvalue weighted by molar-refractivity contribution is -0.153. The fourth-order valence-corrected chi connectivity index (χ4v) is 5.42. The second-order valence-electron chi connectivity index (χ2n) is 8.82. The first-order valence-electron chi connectivity index (χ1n) is 11.1. The first-order valence-corrected chi connectivity index (χ1v) is 14.6. The van der Waals surface area contributed by atoms with E-state index < -0.39 is 55.2 Å². The summed E-state index contributed by atoms with van der Waals surface area (Å²) in [6.45, 7) is 1.69. The summed E-state index contributed by atoms with van der Waals surface area (Å²) in [5.41, 5.74) is -0.196. The van der Waals surface area contributed by atoms with Crippen LogP contribution in [-0.2, 0) is 19.7 Å². The van der Waals surface area contributed by atoms with Crippen molar-refractivity contribution in [2.24, 2.45) is 0 Å². The lowest BCUT2D eigenvalue weighted by Crippen LogP contribution is -2.49. The molecule has 3 rings (SSSR count). The molecule has 0 unspecified atom stereocenters. The topological polar surface area (TPSA) is 101 Å². The van der Waals surface area contributed by atoms with Crippen LogP contribution < -0.4 is 9.64 Å². The molecule has 1 aliphatic heterocycles. The second-order valence-corrected chi connectivity index (χ2v) is 13.3. The normalized spacial score (nSPS) is 15.2. The molecule has 37 heavy (non-hydrogen) atoms. The van der Waals surface area contributed by atoms with Crippen LogP contribution in [0.4, 0.5) is 23.2 Å². The van der Waals surface area contributed by atoms with E-state index in [-0.39, 0.29) is 47.2 Å². The van der Waals surface area contributed by atoms with Crippen LogP contribution in [0.25, 0.3) is 0 Å². The van der Waals surface area contributed by atoms with Crippen molar-refractivity contribution in [2.45, 2.75) is 35.1 Å². The molecule has 0 radical (unpaired) electrons. The minimum Gasteiger partial charge on any atom is -0.483 e. The van der Waals surface area contributed by atoms with Crippen molar-refractivity contribution < 1.29 is 43.9 Å². The number of alkyl halides is 3. The van der Waals surface area contributed by atoms with Crippen LogP contribution in [0.15, 0.2) is 46.2 Å². The van der Waals surface area contributed by atoms with Gasteiger partial charge in [-0.2, -0.15) is 13.2 Å². The van der Waals surface area contributed by atoms with Crippen LogP contribution in [-0.4, -0.2) is 78.1 Å². The van der Waals surface area contributed by atoms with Gasteiger partial charge in [-0.05, 0) is 50.2 Å². The molecule has 0 bridgehead atoms. The lowest BCUT2D eigenvalue weighted by Gasteiger charge is -2.36. The number of anilines is 1. The Kier molecular flexibility index (Phi) is 8.13. The van der Waals surface area contributed by atoms with Crippen LogP contribution in [0.2, 0.25) is 0 Å². The maximum atomic E-state index is 14.8. The predicted molar refractivity (Wildman–Crippen MR) is 128 cm³/mol. The minimum absolute atomic E-state index is 0.0477. The average Bonchev–Trinajstić information content (AvgIpc) is 2.81. The molecule has 0 saturated carbocycles. The molecule has 1 fully saturated rings. The lowest BCUT2D eigenvalue weighted by atomic mass is 10.1. The molecule has 0 atom stereocenters. The van der Waals surface area contributed by atoms with Crippen molar-refractivity contribution in [3.63, 3.8) is 0 Å². The van der Waals surface area contributed by atoms with Gasteiger partial charge in [0.25, 0.3) is 5.91 Å². The smallest absolute Gasteiger partial charge is 0.422 e. The van der Waals surface area contributed by atoms with Crippen molar-refractivity contribution in [2.75, 3.05) is 43.9 Å². The predicted octanol–water partition coefficient (Wildman–Crippen LogP) is 3.31. The van der Waals surface area contributed by atoms with Crippen LogP contribution in [0.5, 0.6) is 5.75 Å². The van der Waals surface area contributed by atoms with Gasteiger partial charge in [-0.3, -0.25) is 4.79 Å². The number of hydrogen-bond donors (Lipinski definition) is 0. The molecule has 1 saturated heterocycles. The molecule has 14 heteroatoms. The zero-order valence-corrected chi connectivity index (χ0v) is 21.9. The van der Waals surface area contributed by atoms with Gasteiger partial charge in [-0.25, -0.2) is 21.2 Å². The Morgan fingerprint density at radius 1 is 0.973 bits per heavy atom. The summed E-state index contributed by atoms with van der Waals surface area (Å²) < 4.78 is 106. The number of carbonyl (C=O) groups excluding carboxylic acids is 1. The molecule has 1 aliphatic rings. The standard InChI is InChI=1S/C23H26F4N2O6S2/c1-15(2)37(33,34)17-4-6-20(19(24)13-17)28-8-10-29(11-9-28)22(30)18-12-16(36(3,31)32)5-7-21(18)35-14-23(25,26)27/h4-7,12-13,15H,8-11,14H2,1-3H3. The second kappa shape index (κ2) is 10.5. The monoisotopic (exact) mass is 566 g/mol. The van der Waals surface area contributed by atoms with E-state index >= 15 is 0 Å². The Morgan fingerprint density at radius 2 is 1.57 bits per heavy atom. The van der Waals surface area contributed by atoms with E-state index in [4.69, 9.17) is 4.74 Å². The van der Waals surface area contributed by atoms with Gasteiger partial charge in [0.2, 0.25) is 0 Å². The van der Waals surface area contributed by atoms with Crippen molar-refractivity contribution in [1.82, 2.24) is 4.90 Å². The number of ether oxygens (including phenoxy) is 1. The van der Waals surface area contributed by atoms with Crippen molar-refractivity contribution >= 4 is 31.3 Å². The Labute approximate surface area is 212 Å². The summed E-state index contributed by atoms with van der Waals surface area (Å²) in [6, 6.07) is 6.65. The highest BCUT2D eigenvalue weighted by molar-refractivity contribution is 7.92. The number of halogens is 4. The molecule has 0 aromatic heterocycles. The molecule has 204 valence electrons. The van der Waals surface area contributed by atoms with Crippen molar-refractivity contribution in [3.8, 4) is 5.75 Å². The van der Waals surface area contributed by atoms with E-state index in [1.165, 1.54) is 30.9 Å². The third-order valence-corrected chi connectivity index (χ3v) is 9.04. The number of rotatable bonds is 7. The van der Waals surface area contributed by atoms with Crippen molar-refractivity contribution in [1.29, 1.82) is 0 Å². The zero-order chi connectivity index (χ0) is 27.8. The highest BCUT2D eigenvalue weighted by atomic mass is 32.2. The maximum absolute atomic E-state index is 14.8. The Hall–Kier alpha value is -2.87. The fraction of sp³-hybridized carbons (Fsp3) is 0.435. The van der Waals surface area contributed by atoms with Gasteiger partial charge >= 0.3 is 6.18 Å². The summed E-state index contributed by atoms with van der Waals surface area (Å²) in [4.78, 5) is 15.7. The SMILES string of the molecule is CC(C)S(=O)(=O)c1ccc(N2CCN(C(=O)c3cc(S(C)(=O)=O)ccc3OCC(F)(F)F)CC2)c(F)c1. The minimum atomic E-state index is -4.67. The number of piperazine rings is 1. The maximum Gasteiger partial charge on any atom is 0.422 e. The molecular formula is C23H26F4N2O6S2. The first kappa shape index (κ1) is 28.7. The Balaban J connectivity index is 1.80. The number of sulfone groups is 2. The zero-order valence-electron chi connectivity index (χ0n) is 20.2. The van der Waals surface area contributed by atoms with Crippen LogP contribution in [0.1, 0.15) is 24.2 Å². The largest absolute Gasteiger partial charge is 0.483 e. The average molecular weight is 567 g/mol. The van der Waals surface area contributed by atoms with Gasteiger partial charge in [0, 0.05) is 32.4 Å². The summed E-state index contributed by atoms with van der Waals surface area (Å²) >= 11 is 0. The Bertz CT molecular complexity index is 1380. The number of amides is 1. The van der Waals surface area contributed by atoms with E-state index in [0.717, 1.165) is 30.5 Å². The summed E-state index contributed by atoms with van der Waals surface area (Å²) in [6.07, 6.45) is -3.77. The molecule has 8 nitrogen and oxygen atoms in total.